The lowest BCUT2D eigenvalue weighted by Gasteiger charge is -2.14. The Labute approximate surface area is 162 Å². The van der Waals surface area contributed by atoms with Crippen molar-refractivity contribution in [2.75, 3.05) is 12.4 Å². The molecule has 2 aromatic carbocycles. The Hall–Kier alpha value is -1.80. The van der Waals surface area contributed by atoms with Gasteiger partial charge in [0, 0.05) is 6.04 Å². The van der Waals surface area contributed by atoms with Gasteiger partial charge in [-0.15, -0.1) is 0 Å². The number of anilines is 1. The molecule has 6 nitrogen and oxygen atoms in total. The van der Waals surface area contributed by atoms with E-state index >= 15 is 0 Å². The number of amides is 1. The quantitative estimate of drug-likeness (QED) is 0.746. The number of carbonyl (C=O) groups is 1. The molecule has 140 valence electrons. The molecule has 1 amide bonds. The molecule has 2 aromatic rings. The Bertz CT molecular complexity index is 930. The first-order valence-corrected chi connectivity index (χ1v) is 9.85. The maximum atomic E-state index is 12.6. The predicted octanol–water partition coefficient (Wildman–Crippen LogP) is 3.94. The molecule has 0 saturated carbocycles. The molecule has 0 unspecified atom stereocenters. The average molecular weight is 417 g/mol. The Morgan fingerprint density at radius 2 is 1.77 bits per heavy atom. The summed E-state index contributed by atoms with van der Waals surface area (Å²) in [6, 6.07) is 8.86. The predicted molar refractivity (Wildman–Crippen MR) is 103 cm³/mol. The van der Waals surface area contributed by atoms with Gasteiger partial charge >= 0.3 is 0 Å². The zero-order chi connectivity index (χ0) is 19.5. The normalized spacial score (nSPS) is 11.5. The number of carbonyl (C=O) groups excluding carboxylic acids is 1. The van der Waals surface area contributed by atoms with Crippen LogP contribution >= 0.6 is 23.2 Å². The smallest absolute Gasteiger partial charge is 0.257 e. The van der Waals surface area contributed by atoms with Crippen LogP contribution in [0, 0.1) is 0 Å². The standard InChI is InChI=1S/C17H18Cl2N2O4S/c1-10(2)21-26(23,24)16-8-11(12(18)9-13(16)19)17(22)20-14-6-4-5-7-15(14)25-3/h4-10,21H,1-3H3,(H,20,22). The number of ether oxygens (including phenoxy) is 1. The fraction of sp³-hybridized carbons (Fsp3) is 0.235. The monoisotopic (exact) mass is 416 g/mol. The van der Waals surface area contributed by atoms with Crippen molar-refractivity contribution < 1.29 is 17.9 Å². The summed E-state index contributed by atoms with van der Waals surface area (Å²) < 4.78 is 32.4. The molecule has 0 fully saturated rings. The summed E-state index contributed by atoms with van der Waals surface area (Å²) in [5.74, 6) is -0.127. The van der Waals surface area contributed by atoms with E-state index in [9.17, 15) is 13.2 Å². The fourth-order valence-electron chi connectivity index (χ4n) is 2.22. The van der Waals surface area contributed by atoms with Crippen LogP contribution in [-0.2, 0) is 10.0 Å². The van der Waals surface area contributed by atoms with Gasteiger partial charge in [0.05, 0.1) is 28.4 Å². The summed E-state index contributed by atoms with van der Waals surface area (Å²) in [6.07, 6.45) is 0. The van der Waals surface area contributed by atoms with E-state index in [1.54, 1.807) is 38.1 Å². The van der Waals surface area contributed by atoms with Crippen LogP contribution in [0.15, 0.2) is 41.3 Å². The number of rotatable bonds is 6. The largest absolute Gasteiger partial charge is 0.495 e. The Kier molecular flexibility index (Phi) is 6.52. The topological polar surface area (TPSA) is 84.5 Å². The molecule has 0 aliphatic carbocycles. The number of benzene rings is 2. The first-order chi connectivity index (χ1) is 12.2. The van der Waals surface area contributed by atoms with Crippen molar-refractivity contribution in [1.82, 2.24) is 4.72 Å². The van der Waals surface area contributed by atoms with Gasteiger partial charge in [-0.2, -0.15) is 0 Å². The van der Waals surface area contributed by atoms with Crippen LogP contribution in [0.3, 0.4) is 0 Å². The van der Waals surface area contributed by atoms with Crippen molar-refractivity contribution in [3.8, 4) is 5.75 Å². The summed E-state index contributed by atoms with van der Waals surface area (Å²) >= 11 is 12.1. The first-order valence-electron chi connectivity index (χ1n) is 7.61. The average Bonchev–Trinajstić information content (AvgIpc) is 2.53. The van der Waals surface area contributed by atoms with E-state index in [1.807, 2.05) is 0 Å². The highest BCUT2D eigenvalue weighted by Crippen LogP contribution is 2.30. The molecule has 0 atom stereocenters. The van der Waals surface area contributed by atoms with Gasteiger partial charge in [-0.1, -0.05) is 35.3 Å². The highest BCUT2D eigenvalue weighted by atomic mass is 35.5. The van der Waals surface area contributed by atoms with Crippen LogP contribution in [-0.4, -0.2) is 27.5 Å². The Morgan fingerprint density at radius 3 is 2.38 bits per heavy atom. The van der Waals surface area contributed by atoms with E-state index in [4.69, 9.17) is 27.9 Å². The molecule has 9 heteroatoms. The van der Waals surface area contributed by atoms with Crippen molar-refractivity contribution in [3.63, 3.8) is 0 Å². The van der Waals surface area contributed by atoms with Crippen molar-refractivity contribution in [1.29, 1.82) is 0 Å². The van der Waals surface area contributed by atoms with Crippen LogP contribution in [0.5, 0.6) is 5.75 Å². The van der Waals surface area contributed by atoms with E-state index in [0.717, 1.165) is 6.07 Å². The van der Waals surface area contributed by atoms with Gasteiger partial charge in [0.2, 0.25) is 10.0 Å². The van der Waals surface area contributed by atoms with Crippen molar-refractivity contribution >= 4 is 44.8 Å². The van der Waals surface area contributed by atoms with Gasteiger partial charge in [-0.3, -0.25) is 4.79 Å². The molecule has 2 N–H and O–H groups in total. The molecular formula is C17H18Cl2N2O4S. The Morgan fingerprint density at radius 1 is 1.12 bits per heavy atom. The number of methoxy groups -OCH3 is 1. The number of hydrogen-bond acceptors (Lipinski definition) is 4. The third kappa shape index (κ3) is 4.67. The molecule has 0 saturated heterocycles. The number of para-hydroxylation sites is 2. The molecule has 0 aliphatic rings. The summed E-state index contributed by atoms with van der Waals surface area (Å²) in [5, 5.41) is 2.61. The number of halogens is 2. The molecule has 26 heavy (non-hydrogen) atoms. The number of nitrogens with one attached hydrogen (secondary N) is 2. The Balaban J connectivity index is 2.43. The SMILES string of the molecule is COc1ccccc1NC(=O)c1cc(S(=O)(=O)NC(C)C)c(Cl)cc1Cl. The van der Waals surface area contributed by atoms with Crippen molar-refractivity contribution in [3.05, 3.63) is 52.0 Å². The summed E-state index contributed by atoms with van der Waals surface area (Å²) in [6.45, 7) is 3.35. The summed E-state index contributed by atoms with van der Waals surface area (Å²) in [5.41, 5.74) is 0.404. The first kappa shape index (κ1) is 20.5. The molecule has 0 radical (unpaired) electrons. The molecule has 0 aromatic heterocycles. The van der Waals surface area contributed by atoms with Crippen LogP contribution < -0.4 is 14.8 Å². The van der Waals surface area contributed by atoms with Crippen molar-refractivity contribution in [2.24, 2.45) is 0 Å². The molecule has 0 heterocycles. The van der Waals surface area contributed by atoms with Crippen LogP contribution in [0.2, 0.25) is 10.0 Å². The highest BCUT2D eigenvalue weighted by molar-refractivity contribution is 7.89. The minimum atomic E-state index is -3.89. The maximum absolute atomic E-state index is 12.6. The van der Waals surface area contributed by atoms with Gasteiger partial charge in [0.25, 0.3) is 5.91 Å². The molecule has 0 spiro atoms. The molecule has 0 aliphatic heterocycles. The summed E-state index contributed by atoms with van der Waals surface area (Å²) in [7, 11) is -2.42. The van der Waals surface area contributed by atoms with E-state index < -0.39 is 15.9 Å². The van der Waals surface area contributed by atoms with E-state index in [0.29, 0.717) is 11.4 Å². The van der Waals surface area contributed by atoms with Gasteiger partial charge in [0.15, 0.2) is 0 Å². The zero-order valence-electron chi connectivity index (χ0n) is 14.3. The minimum Gasteiger partial charge on any atom is -0.495 e. The number of hydrogen-bond donors (Lipinski definition) is 2. The van der Waals surface area contributed by atoms with E-state index in [1.165, 1.54) is 13.2 Å². The second-order valence-corrected chi connectivity index (χ2v) is 8.19. The molecule has 0 bridgehead atoms. The second-order valence-electron chi connectivity index (χ2n) is 5.69. The highest BCUT2D eigenvalue weighted by Gasteiger charge is 2.23. The van der Waals surface area contributed by atoms with Crippen LogP contribution in [0.25, 0.3) is 0 Å². The number of sulfonamides is 1. The van der Waals surface area contributed by atoms with Gasteiger partial charge in [-0.25, -0.2) is 13.1 Å². The third-order valence-corrected chi connectivity index (χ3v) is 5.74. The molecular weight excluding hydrogens is 399 g/mol. The zero-order valence-corrected chi connectivity index (χ0v) is 16.7. The minimum absolute atomic E-state index is 0.0221. The van der Waals surface area contributed by atoms with Crippen LogP contribution in [0.1, 0.15) is 24.2 Å². The van der Waals surface area contributed by atoms with Gasteiger partial charge in [0.1, 0.15) is 10.6 Å². The van der Waals surface area contributed by atoms with Gasteiger partial charge < -0.3 is 10.1 Å². The summed E-state index contributed by atoms with van der Waals surface area (Å²) in [4.78, 5) is 12.4. The van der Waals surface area contributed by atoms with Gasteiger partial charge in [-0.05, 0) is 38.1 Å². The lowest BCUT2D eigenvalue weighted by atomic mass is 10.2. The lowest BCUT2D eigenvalue weighted by molar-refractivity contribution is 0.102. The lowest BCUT2D eigenvalue weighted by Crippen LogP contribution is -2.30. The van der Waals surface area contributed by atoms with Crippen LogP contribution in [0.4, 0.5) is 5.69 Å². The second kappa shape index (κ2) is 8.26. The van der Waals surface area contributed by atoms with E-state index in [2.05, 4.69) is 10.0 Å². The van der Waals surface area contributed by atoms with Crippen molar-refractivity contribution in [2.45, 2.75) is 24.8 Å². The molecule has 2 rings (SSSR count). The fourth-order valence-corrected chi connectivity index (χ4v) is 4.33. The maximum Gasteiger partial charge on any atom is 0.257 e. The third-order valence-electron chi connectivity index (χ3n) is 3.30. The van der Waals surface area contributed by atoms with E-state index in [-0.39, 0.29) is 26.5 Å².